The highest BCUT2D eigenvalue weighted by atomic mass is 16.4. The standard InChI is InChI=1S/C20H25N7O6.C12H23N/c1-27-12(9-23-16-15(27)18(31)26-20(21)25-16)8-22-11-4-2-10(3-5-11)17(30)24-13(19(32)33)6-7-14(28)29;1-3-7-11(8-4-1)13-12-9-5-2-6-10-12/h2-5,12-13,22H,6-9H2,1H3,(H,24,30)(H,28,29)(H,32,33)(H4,21,23,25,26,31);11-13H,1-10H2. The van der Waals surface area contributed by atoms with Gasteiger partial charge in [0.2, 0.25) is 5.95 Å². The van der Waals surface area contributed by atoms with Gasteiger partial charge >= 0.3 is 11.9 Å². The summed E-state index contributed by atoms with van der Waals surface area (Å²) < 4.78 is 0. The summed E-state index contributed by atoms with van der Waals surface area (Å²) >= 11 is 0. The Morgan fingerprint density at radius 2 is 1.61 bits per heavy atom. The van der Waals surface area contributed by atoms with Crippen molar-refractivity contribution in [3.63, 3.8) is 0 Å². The highest BCUT2D eigenvalue weighted by molar-refractivity contribution is 5.97. The molecule has 1 aromatic carbocycles. The van der Waals surface area contributed by atoms with Crippen molar-refractivity contribution in [1.29, 1.82) is 0 Å². The predicted octanol–water partition coefficient (Wildman–Crippen LogP) is 2.98. The first-order valence-corrected chi connectivity index (χ1v) is 16.3. The SMILES string of the molecule is C1CCC(NC2CCCCC2)CC1.CN1c2c(nc(N)[nH]c2=O)NCC1CNc1ccc(C(=O)NC(CCC(=O)O)C(=O)O)cc1. The first kappa shape index (κ1) is 34.5. The molecule has 2 aliphatic carbocycles. The maximum Gasteiger partial charge on any atom is 0.326 e. The summed E-state index contributed by atoms with van der Waals surface area (Å²) in [7, 11) is 1.79. The number of benzene rings is 1. The molecule has 2 unspecified atom stereocenters. The average Bonchev–Trinajstić information content (AvgIpc) is 3.03. The number of rotatable bonds is 11. The number of carbonyl (C=O) groups excluding carboxylic acids is 1. The summed E-state index contributed by atoms with van der Waals surface area (Å²) in [6.45, 7) is 1.01. The van der Waals surface area contributed by atoms with E-state index in [2.05, 4.69) is 31.2 Å². The third-order valence-electron chi connectivity index (χ3n) is 8.94. The number of hydrogen-bond acceptors (Lipinski definition) is 10. The van der Waals surface area contributed by atoms with Crippen molar-refractivity contribution in [3.8, 4) is 0 Å². The molecule has 0 spiro atoms. The van der Waals surface area contributed by atoms with Crippen LogP contribution in [0, 0.1) is 0 Å². The van der Waals surface area contributed by atoms with Crippen LogP contribution in [-0.2, 0) is 9.59 Å². The molecule has 14 heteroatoms. The van der Waals surface area contributed by atoms with Crippen LogP contribution in [0.2, 0.25) is 0 Å². The second-order valence-corrected chi connectivity index (χ2v) is 12.4. The summed E-state index contributed by atoms with van der Waals surface area (Å²) in [5.74, 6) is -2.59. The summed E-state index contributed by atoms with van der Waals surface area (Å²) in [6, 6.07) is 6.78. The number of nitrogens with zero attached hydrogens (tertiary/aromatic N) is 2. The van der Waals surface area contributed by atoms with E-state index in [1.807, 2.05) is 4.90 Å². The molecule has 0 bridgehead atoms. The van der Waals surface area contributed by atoms with Crippen LogP contribution < -0.4 is 37.5 Å². The van der Waals surface area contributed by atoms with Gasteiger partial charge in [0.25, 0.3) is 11.5 Å². The van der Waals surface area contributed by atoms with Crippen LogP contribution >= 0.6 is 0 Å². The van der Waals surface area contributed by atoms with Crippen LogP contribution in [0.3, 0.4) is 0 Å². The number of amides is 1. The fourth-order valence-electron chi connectivity index (χ4n) is 6.29. The number of nitrogen functional groups attached to an aromatic ring is 1. The van der Waals surface area contributed by atoms with Crippen molar-refractivity contribution >= 4 is 41.0 Å². The second kappa shape index (κ2) is 16.8. The smallest absolute Gasteiger partial charge is 0.326 e. The lowest BCUT2D eigenvalue weighted by Gasteiger charge is -2.35. The normalized spacial score (nSPS) is 19.1. The van der Waals surface area contributed by atoms with E-state index in [4.69, 9.17) is 10.8 Å². The van der Waals surface area contributed by atoms with Crippen molar-refractivity contribution in [3.05, 3.63) is 40.2 Å². The number of likely N-dealkylation sites (N-methyl/N-ethyl adjacent to an activating group) is 1. The summed E-state index contributed by atoms with van der Waals surface area (Å²) in [6.07, 6.45) is 14.0. The van der Waals surface area contributed by atoms with Crippen LogP contribution in [0.15, 0.2) is 29.1 Å². The zero-order valence-electron chi connectivity index (χ0n) is 26.5. The maximum absolute atomic E-state index is 12.3. The first-order valence-electron chi connectivity index (χ1n) is 16.3. The lowest BCUT2D eigenvalue weighted by Crippen LogP contribution is -2.48. The Balaban J connectivity index is 0.000000305. The molecule has 5 rings (SSSR count). The fourth-order valence-corrected chi connectivity index (χ4v) is 6.29. The highest BCUT2D eigenvalue weighted by Crippen LogP contribution is 2.25. The lowest BCUT2D eigenvalue weighted by molar-refractivity contribution is -0.140. The third kappa shape index (κ3) is 10.1. The summed E-state index contributed by atoms with van der Waals surface area (Å²) in [5, 5.41) is 30.4. The molecule has 0 saturated heterocycles. The van der Waals surface area contributed by atoms with E-state index < -0.39 is 23.9 Å². The number of nitrogens with one attached hydrogen (secondary N) is 5. The van der Waals surface area contributed by atoms with E-state index in [-0.39, 0.29) is 36.0 Å². The first-order chi connectivity index (χ1) is 22.1. The van der Waals surface area contributed by atoms with Gasteiger partial charge in [0.15, 0.2) is 5.82 Å². The second-order valence-electron chi connectivity index (χ2n) is 12.4. The lowest BCUT2D eigenvalue weighted by atomic mass is 9.91. The molecule has 2 atom stereocenters. The van der Waals surface area contributed by atoms with Gasteiger partial charge in [-0.25, -0.2) is 4.79 Å². The minimum absolute atomic E-state index is 0.0388. The van der Waals surface area contributed by atoms with Gasteiger partial charge in [-0.3, -0.25) is 19.4 Å². The average molecular weight is 641 g/mol. The molecule has 46 heavy (non-hydrogen) atoms. The Bertz CT molecular complexity index is 1360. The monoisotopic (exact) mass is 640 g/mol. The maximum atomic E-state index is 12.3. The number of fused-ring (bicyclic) bond motifs is 1. The molecule has 1 aromatic heterocycles. The number of anilines is 4. The summed E-state index contributed by atoms with van der Waals surface area (Å²) in [4.78, 5) is 54.9. The molecule has 3 aliphatic rings. The number of nitrogens with two attached hydrogens (primary N) is 1. The number of aliphatic carboxylic acids is 2. The van der Waals surface area contributed by atoms with Crippen molar-refractivity contribution < 1.29 is 24.6 Å². The Morgan fingerprint density at radius 3 is 2.17 bits per heavy atom. The molecule has 2 heterocycles. The number of hydrogen-bond donors (Lipinski definition) is 8. The number of carbonyl (C=O) groups is 3. The van der Waals surface area contributed by atoms with Crippen molar-refractivity contribution in [2.24, 2.45) is 0 Å². The van der Waals surface area contributed by atoms with E-state index in [1.165, 1.54) is 76.3 Å². The van der Waals surface area contributed by atoms with E-state index in [0.29, 0.717) is 24.6 Å². The Labute approximate surface area is 268 Å². The van der Waals surface area contributed by atoms with Crippen molar-refractivity contribution in [2.45, 2.75) is 101 Å². The van der Waals surface area contributed by atoms with Crippen molar-refractivity contribution in [1.82, 2.24) is 20.6 Å². The van der Waals surface area contributed by atoms with E-state index in [0.717, 1.165) is 17.8 Å². The van der Waals surface area contributed by atoms with Crippen LogP contribution in [0.1, 0.15) is 87.4 Å². The molecule has 9 N–H and O–H groups in total. The van der Waals surface area contributed by atoms with Gasteiger partial charge in [-0.05, 0) is 56.4 Å². The van der Waals surface area contributed by atoms with Gasteiger partial charge in [0, 0.05) is 49.9 Å². The van der Waals surface area contributed by atoms with Crippen molar-refractivity contribution in [2.75, 3.05) is 41.4 Å². The van der Waals surface area contributed by atoms with Crippen LogP contribution in [0.25, 0.3) is 0 Å². The largest absolute Gasteiger partial charge is 0.481 e. The number of aromatic amines is 1. The van der Waals surface area contributed by atoms with Gasteiger partial charge in [0.1, 0.15) is 11.7 Å². The molecule has 2 aromatic rings. The van der Waals surface area contributed by atoms with Crippen LogP contribution in [0.4, 0.5) is 23.1 Å². The molecular formula is C32H48N8O6. The molecule has 1 aliphatic heterocycles. The summed E-state index contributed by atoms with van der Waals surface area (Å²) in [5.41, 5.74) is 6.59. The third-order valence-corrected chi connectivity index (χ3v) is 8.94. The minimum atomic E-state index is -1.30. The van der Waals surface area contributed by atoms with Crippen LogP contribution in [-0.4, -0.2) is 82.3 Å². The van der Waals surface area contributed by atoms with E-state index >= 15 is 0 Å². The Hall–Kier alpha value is -4.33. The molecule has 1 amide bonds. The highest BCUT2D eigenvalue weighted by Gasteiger charge is 2.27. The molecule has 14 nitrogen and oxygen atoms in total. The zero-order valence-corrected chi connectivity index (χ0v) is 26.5. The zero-order chi connectivity index (χ0) is 33.1. The molecule has 2 saturated carbocycles. The van der Waals surface area contributed by atoms with E-state index in [9.17, 15) is 24.3 Å². The quantitative estimate of drug-likeness (QED) is 0.178. The van der Waals surface area contributed by atoms with Gasteiger partial charge in [0.05, 0.1) is 6.04 Å². The predicted molar refractivity (Wildman–Crippen MR) is 178 cm³/mol. The van der Waals surface area contributed by atoms with Gasteiger partial charge < -0.3 is 42.1 Å². The Morgan fingerprint density at radius 1 is 1.00 bits per heavy atom. The number of H-pyrrole nitrogens is 1. The van der Waals surface area contributed by atoms with Gasteiger partial charge in [-0.2, -0.15) is 4.98 Å². The fraction of sp³-hybridized carbons (Fsp3) is 0.594. The number of carboxylic acid groups (broad SMARTS) is 2. The van der Waals surface area contributed by atoms with Gasteiger partial charge in [-0.1, -0.05) is 38.5 Å². The molecular weight excluding hydrogens is 592 g/mol. The Kier molecular flexibility index (Phi) is 12.6. The number of carboxylic acids is 2. The molecule has 252 valence electrons. The van der Waals surface area contributed by atoms with Gasteiger partial charge in [-0.15, -0.1) is 0 Å². The van der Waals surface area contributed by atoms with E-state index in [1.54, 1.807) is 19.2 Å². The molecule has 0 radical (unpaired) electrons. The topological polar surface area (TPSA) is 215 Å². The minimum Gasteiger partial charge on any atom is -0.481 e. The molecule has 2 fully saturated rings. The van der Waals surface area contributed by atoms with Crippen LogP contribution in [0.5, 0.6) is 0 Å². The number of aromatic nitrogens is 2.